The second-order valence-corrected chi connectivity index (χ2v) is 7.47. The van der Waals surface area contributed by atoms with Gasteiger partial charge in [0.05, 0.1) is 23.4 Å². The molecule has 1 saturated heterocycles. The monoisotopic (exact) mass is 291 g/mol. The van der Waals surface area contributed by atoms with Crippen molar-refractivity contribution in [1.82, 2.24) is 9.78 Å². The predicted octanol–water partition coefficient (Wildman–Crippen LogP) is 1.31. The molecule has 1 aliphatic rings. The van der Waals surface area contributed by atoms with Crippen molar-refractivity contribution < 1.29 is 8.42 Å². The lowest BCUT2D eigenvalue weighted by Crippen LogP contribution is -2.22. The van der Waals surface area contributed by atoms with Gasteiger partial charge in [-0.3, -0.25) is 0 Å². The predicted molar refractivity (Wildman–Crippen MR) is 77.3 cm³/mol. The number of para-hydroxylation sites is 1. The van der Waals surface area contributed by atoms with E-state index >= 15 is 0 Å². The average molecular weight is 291 g/mol. The van der Waals surface area contributed by atoms with Gasteiger partial charge in [0.15, 0.2) is 9.84 Å². The third kappa shape index (κ3) is 2.62. The van der Waals surface area contributed by atoms with Crippen LogP contribution in [0.1, 0.15) is 18.0 Å². The minimum Gasteiger partial charge on any atom is -0.324 e. The molecule has 6 heteroatoms. The van der Waals surface area contributed by atoms with Crippen molar-refractivity contribution in [2.24, 2.45) is 11.7 Å². The zero-order valence-corrected chi connectivity index (χ0v) is 11.8. The van der Waals surface area contributed by atoms with Gasteiger partial charge in [0.25, 0.3) is 0 Å². The van der Waals surface area contributed by atoms with Gasteiger partial charge >= 0.3 is 0 Å². The molecule has 2 heterocycles. The Hall–Kier alpha value is -1.66. The van der Waals surface area contributed by atoms with Gasteiger partial charge in [-0.15, -0.1) is 0 Å². The SMILES string of the molecule is NC(c1cnn(-c2ccccc2)c1)C1CCS(=O)(=O)C1. The smallest absolute Gasteiger partial charge is 0.150 e. The second-order valence-electron chi connectivity index (χ2n) is 5.24. The molecule has 1 fully saturated rings. The molecular weight excluding hydrogens is 274 g/mol. The van der Waals surface area contributed by atoms with Crippen LogP contribution in [0.5, 0.6) is 0 Å². The van der Waals surface area contributed by atoms with Crippen LogP contribution in [0.2, 0.25) is 0 Å². The number of sulfone groups is 1. The molecule has 0 saturated carbocycles. The molecule has 2 N–H and O–H groups in total. The van der Waals surface area contributed by atoms with Crippen molar-refractivity contribution in [1.29, 1.82) is 0 Å². The molecule has 1 aliphatic heterocycles. The summed E-state index contributed by atoms with van der Waals surface area (Å²) in [6.07, 6.45) is 4.24. The fourth-order valence-electron chi connectivity index (χ4n) is 2.61. The molecule has 106 valence electrons. The van der Waals surface area contributed by atoms with Crippen molar-refractivity contribution in [3.63, 3.8) is 0 Å². The van der Waals surface area contributed by atoms with Crippen molar-refractivity contribution in [2.45, 2.75) is 12.5 Å². The van der Waals surface area contributed by atoms with E-state index < -0.39 is 9.84 Å². The molecule has 0 aliphatic carbocycles. The number of nitrogens with two attached hydrogens (primary N) is 1. The highest BCUT2D eigenvalue weighted by Crippen LogP contribution is 2.29. The largest absolute Gasteiger partial charge is 0.324 e. The molecular formula is C14H17N3O2S. The first-order chi connectivity index (χ1) is 9.55. The Morgan fingerprint density at radius 3 is 2.70 bits per heavy atom. The highest BCUT2D eigenvalue weighted by Gasteiger charge is 2.33. The highest BCUT2D eigenvalue weighted by molar-refractivity contribution is 7.91. The Balaban J connectivity index is 1.80. The van der Waals surface area contributed by atoms with E-state index in [4.69, 9.17) is 5.73 Å². The lowest BCUT2D eigenvalue weighted by molar-refractivity contribution is 0.480. The molecule has 20 heavy (non-hydrogen) atoms. The third-order valence-electron chi connectivity index (χ3n) is 3.78. The summed E-state index contributed by atoms with van der Waals surface area (Å²) < 4.78 is 24.8. The van der Waals surface area contributed by atoms with E-state index in [1.54, 1.807) is 10.9 Å². The van der Waals surface area contributed by atoms with E-state index in [0.29, 0.717) is 6.42 Å². The van der Waals surface area contributed by atoms with Crippen LogP contribution in [0.3, 0.4) is 0 Å². The Morgan fingerprint density at radius 1 is 1.30 bits per heavy atom. The Bertz CT molecular complexity index is 694. The topological polar surface area (TPSA) is 78.0 Å². The van der Waals surface area contributed by atoms with Crippen molar-refractivity contribution in [3.05, 3.63) is 48.3 Å². The summed E-state index contributed by atoms with van der Waals surface area (Å²) in [4.78, 5) is 0. The van der Waals surface area contributed by atoms with E-state index in [-0.39, 0.29) is 23.5 Å². The lowest BCUT2D eigenvalue weighted by Gasteiger charge is -2.15. The van der Waals surface area contributed by atoms with E-state index in [0.717, 1.165) is 11.3 Å². The summed E-state index contributed by atoms with van der Waals surface area (Å²) in [5.41, 5.74) is 8.04. The standard InChI is InChI=1S/C14H17N3O2S/c15-14(11-6-7-20(18,19)10-11)12-8-16-17(9-12)13-4-2-1-3-5-13/h1-5,8-9,11,14H,6-7,10,15H2. The van der Waals surface area contributed by atoms with Gasteiger partial charge in [-0.05, 0) is 24.5 Å². The Labute approximate surface area is 118 Å². The van der Waals surface area contributed by atoms with Gasteiger partial charge in [0.1, 0.15) is 0 Å². The average Bonchev–Trinajstić information content (AvgIpc) is 3.05. The van der Waals surface area contributed by atoms with Crippen LogP contribution in [0, 0.1) is 5.92 Å². The Kier molecular flexibility index (Phi) is 3.35. The molecule has 2 atom stereocenters. The molecule has 1 aromatic heterocycles. The van der Waals surface area contributed by atoms with Crippen LogP contribution in [-0.2, 0) is 9.84 Å². The summed E-state index contributed by atoms with van der Waals surface area (Å²) in [5, 5.41) is 4.30. The van der Waals surface area contributed by atoms with Crippen LogP contribution in [-0.4, -0.2) is 29.7 Å². The summed E-state index contributed by atoms with van der Waals surface area (Å²) in [6.45, 7) is 0. The first-order valence-electron chi connectivity index (χ1n) is 6.61. The lowest BCUT2D eigenvalue weighted by atomic mass is 9.96. The number of hydrogen-bond donors (Lipinski definition) is 1. The number of nitrogens with zero attached hydrogens (tertiary/aromatic N) is 2. The van der Waals surface area contributed by atoms with Crippen LogP contribution in [0.15, 0.2) is 42.7 Å². The first kappa shape index (κ1) is 13.3. The molecule has 0 amide bonds. The maximum absolute atomic E-state index is 11.5. The summed E-state index contributed by atoms with van der Waals surface area (Å²) >= 11 is 0. The van der Waals surface area contributed by atoms with Crippen LogP contribution < -0.4 is 5.73 Å². The highest BCUT2D eigenvalue weighted by atomic mass is 32.2. The minimum absolute atomic E-state index is 0.00609. The number of aromatic nitrogens is 2. The Morgan fingerprint density at radius 2 is 2.05 bits per heavy atom. The zero-order valence-electron chi connectivity index (χ0n) is 11.0. The van der Waals surface area contributed by atoms with Gasteiger partial charge < -0.3 is 5.73 Å². The van der Waals surface area contributed by atoms with Gasteiger partial charge in [-0.2, -0.15) is 5.10 Å². The van der Waals surface area contributed by atoms with Crippen molar-refractivity contribution in [3.8, 4) is 5.69 Å². The molecule has 1 aromatic carbocycles. The third-order valence-corrected chi connectivity index (χ3v) is 5.58. The van der Waals surface area contributed by atoms with Crippen LogP contribution in [0.25, 0.3) is 5.69 Å². The number of hydrogen-bond acceptors (Lipinski definition) is 4. The molecule has 2 unspecified atom stereocenters. The fraction of sp³-hybridized carbons (Fsp3) is 0.357. The molecule has 3 rings (SSSR count). The minimum atomic E-state index is -2.90. The normalized spacial score (nSPS) is 22.8. The van der Waals surface area contributed by atoms with Crippen LogP contribution in [0.4, 0.5) is 0 Å². The summed E-state index contributed by atoms with van der Waals surface area (Å²) in [7, 11) is -2.90. The van der Waals surface area contributed by atoms with Gasteiger partial charge in [-0.1, -0.05) is 18.2 Å². The number of rotatable bonds is 3. The quantitative estimate of drug-likeness (QED) is 0.924. The van der Waals surface area contributed by atoms with E-state index in [1.807, 2.05) is 36.5 Å². The maximum Gasteiger partial charge on any atom is 0.150 e. The maximum atomic E-state index is 11.5. The van der Waals surface area contributed by atoms with E-state index in [9.17, 15) is 8.42 Å². The molecule has 2 aromatic rings. The molecule has 0 bridgehead atoms. The first-order valence-corrected chi connectivity index (χ1v) is 8.43. The van der Waals surface area contributed by atoms with Gasteiger partial charge in [0, 0.05) is 17.8 Å². The second kappa shape index (κ2) is 5.03. The van der Waals surface area contributed by atoms with Crippen molar-refractivity contribution >= 4 is 9.84 Å². The molecule has 0 radical (unpaired) electrons. The number of benzene rings is 1. The summed E-state index contributed by atoms with van der Waals surface area (Å²) in [6, 6.07) is 9.48. The van der Waals surface area contributed by atoms with E-state index in [1.165, 1.54) is 0 Å². The van der Waals surface area contributed by atoms with Gasteiger partial charge in [-0.25, -0.2) is 13.1 Å². The molecule has 0 spiro atoms. The van der Waals surface area contributed by atoms with E-state index in [2.05, 4.69) is 5.10 Å². The summed E-state index contributed by atoms with van der Waals surface area (Å²) in [5.74, 6) is 0.427. The van der Waals surface area contributed by atoms with Crippen molar-refractivity contribution in [2.75, 3.05) is 11.5 Å². The molecule has 5 nitrogen and oxygen atoms in total. The van der Waals surface area contributed by atoms with Crippen LogP contribution >= 0.6 is 0 Å². The fourth-order valence-corrected chi connectivity index (χ4v) is 4.46. The zero-order chi connectivity index (χ0) is 14.2. The van der Waals surface area contributed by atoms with Gasteiger partial charge in [0.2, 0.25) is 0 Å².